The van der Waals surface area contributed by atoms with E-state index < -0.39 is 0 Å². The zero-order valence-electron chi connectivity index (χ0n) is 11.5. The minimum Gasteiger partial charge on any atom is -0.314 e. The average molecular weight is 238 g/mol. The molecule has 4 aliphatic rings. The van der Waals surface area contributed by atoms with Gasteiger partial charge in [-0.2, -0.15) is 5.06 Å². The highest BCUT2D eigenvalue weighted by atomic mass is 16.7. The number of hydrogen-bond acceptors (Lipinski definition) is 3. The van der Waals surface area contributed by atoms with Gasteiger partial charge in [-0.25, -0.2) is 0 Å². The third kappa shape index (κ3) is 2.25. The van der Waals surface area contributed by atoms with Crippen LogP contribution in [-0.2, 0) is 4.84 Å². The van der Waals surface area contributed by atoms with Crippen molar-refractivity contribution in [1.82, 2.24) is 10.4 Å². The quantitative estimate of drug-likeness (QED) is 0.815. The van der Waals surface area contributed by atoms with E-state index in [2.05, 4.69) is 31.2 Å². The van der Waals surface area contributed by atoms with Crippen LogP contribution in [0.5, 0.6) is 0 Å². The van der Waals surface area contributed by atoms with E-state index in [0.29, 0.717) is 10.8 Å². The second-order valence-corrected chi connectivity index (χ2v) is 7.72. The van der Waals surface area contributed by atoms with Crippen LogP contribution in [0.15, 0.2) is 0 Å². The van der Waals surface area contributed by atoms with Gasteiger partial charge in [0.15, 0.2) is 0 Å². The van der Waals surface area contributed by atoms with Crippen LogP contribution in [0.3, 0.4) is 0 Å². The molecule has 0 spiro atoms. The normalized spacial score (nSPS) is 41.8. The molecule has 1 heterocycles. The Hall–Kier alpha value is -0.120. The number of nitrogens with zero attached hydrogens (tertiary/aromatic N) is 1. The van der Waals surface area contributed by atoms with Crippen molar-refractivity contribution in [2.75, 3.05) is 26.2 Å². The van der Waals surface area contributed by atoms with Gasteiger partial charge in [0.1, 0.15) is 0 Å². The molecule has 0 amide bonds. The molecular weight excluding hydrogens is 212 g/mol. The van der Waals surface area contributed by atoms with Gasteiger partial charge in [-0.05, 0) is 36.5 Å². The Morgan fingerprint density at radius 1 is 1.12 bits per heavy atom. The van der Waals surface area contributed by atoms with Gasteiger partial charge >= 0.3 is 0 Å². The molecule has 98 valence electrons. The molecule has 2 bridgehead atoms. The molecule has 1 saturated heterocycles. The Morgan fingerprint density at radius 3 is 2.24 bits per heavy atom. The molecule has 0 aromatic carbocycles. The van der Waals surface area contributed by atoms with Gasteiger partial charge in [0.25, 0.3) is 0 Å². The smallest absolute Gasteiger partial charge is 0.0915 e. The van der Waals surface area contributed by atoms with Gasteiger partial charge in [0.05, 0.1) is 5.60 Å². The van der Waals surface area contributed by atoms with Crippen molar-refractivity contribution in [3.05, 3.63) is 0 Å². The van der Waals surface area contributed by atoms with Crippen LogP contribution in [0.2, 0.25) is 0 Å². The molecule has 0 radical (unpaired) electrons. The van der Waals surface area contributed by atoms with Crippen molar-refractivity contribution in [2.24, 2.45) is 10.8 Å². The maximum Gasteiger partial charge on any atom is 0.0915 e. The Balaban J connectivity index is 1.48. The second-order valence-electron chi connectivity index (χ2n) is 7.72. The molecule has 0 atom stereocenters. The van der Waals surface area contributed by atoms with Crippen molar-refractivity contribution < 1.29 is 4.84 Å². The minimum atomic E-state index is 0.253. The predicted molar refractivity (Wildman–Crippen MR) is 68.6 cm³/mol. The molecule has 3 saturated carbocycles. The van der Waals surface area contributed by atoms with Gasteiger partial charge in [-0.15, -0.1) is 0 Å². The summed E-state index contributed by atoms with van der Waals surface area (Å²) in [6.07, 6.45) is 5.29. The lowest BCUT2D eigenvalue weighted by atomic mass is 9.38. The zero-order valence-corrected chi connectivity index (χ0v) is 11.5. The highest BCUT2D eigenvalue weighted by molar-refractivity contribution is 5.20. The van der Waals surface area contributed by atoms with Crippen LogP contribution in [0.4, 0.5) is 0 Å². The van der Waals surface area contributed by atoms with Gasteiger partial charge in [-0.3, -0.25) is 4.84 Å². The van der Waals surface area contributed by atoms with Gasteiger partial charge in [-0.1, -0.05) is 20.8 Å². The van der Waals surface area contributed by atoms with Crippen molar-refractivity contribution in [3.8, 4) is 0 Å². The summed E-state index contributed by atoms with van der Waals surface area (Å²) in [5.41, 5.74) is 1.37. The number of hydroxylamine groups is 2. The largest absolute Gasteiger partial charge is 0.314 e. The topological polar surface area (TPSA) is 24.5 Å². The summed E-state index contributed by atoms with van der Waals surface area (Å²) < 4.78 is 0. The van der Waals surface area contributed by atoms with Gasteiger partial charge in [0.2, 0.25) is 0 Å². The Morgan fingerprint density at radius 2 is 1.71 bits per heavy atom. The maximum atomic E-state index is 6.21. The molecule has 1 N–H and O–H groups in total. The highest BCUT2D eigenvalue weighted by Gasteiger charge is 2.70. The van der Waals surface area contributed by atoms with Crippen molar-refractivity contribution in [2.45, 2.75) is 52.1 Å². The fourth-order valence-electron chi connectivity index (χ4n) is 4.31. The SMILES string of the molecule is CC(C)(C)CC12CC(ON3CCNCC3)(C1)C2. The summed E-state index contributed by atoms with van der Waals surface area (Å²) in [4.78, 5) is 6.21. The van der Waals surface area contributed by atoms with Crippen LogP contribution >= 0.6 is 0 Å². The van der Waals surface area contributed by atoms with Crippen LogP contribution < -0.4 is 5.32 Å². The third-order valence-electron chi connectivity index (χ3n) is 4.40. The van der Waals surface area contributed by atoms with E-state index in [4.69, 9.17) is 4.84 Å². The average Bonchev–Trinajstić information content (AvgIpc) is 2.12. The Bertz CT molecular complexity index is 282. The lowest BCUT2D eigenvalue weighted by Crippen LogP contribution is -2.71. The third-order valence-corrected chi connectivity index (χ3v) is 4.40. The number of nitrogens with one attached hydrogen (secondary N) is 1. The first-order chi connectivity index (χ1) is 7.91. The first-order valence-corrected chi connectivity index (χ1v) is 7.05. The fraction of sp³-hybridized carbons (Fsp3) is 1.00. The summed E-state index contributed by atoms with van der Waals surface area (Å²) in [5.74, 6) is 0. The molecular formula is C14H26N2O. The zero-order chi connectivity index (χ0) is 12.1. The fourth-order valence-corrected chi connectivity index (χ4v) is 4.31. The summed E-state index contributed by atoms with van der Waals surface area (Å²) in [6, 6.07) is 0. The van der Waals surface area contributed by atoms with Crippen molar-refractivity contribution in [3.63, 3.8) is 0 Å². The van der Waals surface area contributed by atoms with Crippen LogP contribution in [0.1, 0.15) is 46.5 Å². The molecule has 3 aliphatic carbocycles. The van der Waals surface area contributed by atoms with Crippen molar-refractivity contribution >= 4 is 0 Å². The first kappa shape index (κ1) is 11.9. The number of hydrogen-bond donors (Lipinski definition) is 1. The number of rotatable bonds is 3. The monoisotopic (exact) mass is 238 g/mol. The molecule has 17 heavy (non-hydrogen) atoms. The summed E-state index contributed by atoms with van der Waals surface area (Å²) in [7, 11) is 0. The lowest BCUT2D eigenvalue weighted by Gasteiger charge is -2.71. The van der Waals surface area contributed by atoms with E-state index in [-0.39, 0.29) is 5.60 Å². The van der Waals surface area contributed by atoms with Crippen molar-refractivity contribution in [1.29, 1.82) is 0 Å². The Kier molecular flexibility index (Phi) is 2.59. The summed E-state index contributed by atoms with van der Waals surface area (Å²) in [6.45, 7) is 11.3. The molecule has 4 rings (SSSR count). The standard InChI is InChI=1S/C14H26N2O/c1-12(2,3)8-13-9-14(10-13,11-13)17-16-6-4-15-5-7-16/h15H,4-11H2,1-3H3. The molecule has 1 aliphatic heterocycles. The number of piperazine rings is 1. The van der Waals surface area contributed by atoms with Gasteiger partial charge < -0.3 is 5.32 Å². The molecule has 0 aromatic heterocycles. The van der Waals surface area contributed by atoms with Crippen LogP contribution in [0, 0.1) is 10.8 Å². The highest BCUT2D eigenvalue weighted by Crippen LogP contribution is 2.72. The lowest BCUT2D eigenvalue weighted by molar-refractivity contribution is -0.379. The second kappa shape index (κ2) is 3.69. The van der Waals surface area contributed by atoms with E-state index in [1.54, 1.807) is 0 Å². The van der Waals surface area contributed by atoms with E-state index in [0.717, 1.165) is 26.2 Å². The van der Waals surface area contributed by atoms with E-state index >= 15 is 0 Å². The molecule has 0 unspecified atom stereocenters. The molecule has 3 heteroatoms. The first-order valence-electron chi connectivity index (χ1n) is 7.05. The van der Waals surface area contributed by atoms with Crippen LogP contribution in [-0.4, -0.2) is 36.8 Å². The molecule has 4 fully saturated rings. The van der Waals surface area contributed by atoms with E-state index in [1.165, 1.54) is 25.7 Å². The summed E-state index contributed by atoms with van der Waals surface area (Å²) >= 11 is 0. The minimum absolute atomic E-state index is 0.253. The predicted octanol–water partition coefficient (Wildman–Crippen LogP) is 2.18. The summed E-state index contributed by atoms with van der Waals surface area (Å²) in [5, 5.41) is 5.56. The molecule has 0 aromatic rings. The maximum absolute atomic E-state index is 6.21. The molecule has 3 nitrogen and oxygen atoms in total. The van der Waals surface area contributed by atoms with E-state index in [9.17, 15) is 0 Å². The van der Waals surface area contributed by atoms with E-state index in [1.807, 2.05) is 0 Å². The van der Waals surface area contributed by atoms with Gasteiger partial charge in [0, 0.05) is 26.2 Å². The van der Waals surface area contributed by atoms with Crippen LogP contribution in [0.25, 0.3) is 0 Å². The Labute approximate surface area is 105 Å².